The van der Waals surface area contributed by atoms with Crippen LogP contribution in [-0.2, 0) is 11.4 Å². The molecule has 1 heterocycles. The summed E-state index contributed by atoms with van der Waals surface area (Å²) in [4.78, 5) is 21.2. The van der Waals surface area contributed by atoms with Gasteiger partial charge in [0, 0.05) is 11.6 Å². The van der Waals surface area contributed by atoms with E-state index in [9.17, 15) is 4.79 Å². The van der Waals surface area contributed by atoms with Gasteiger partial charge >= 0.3 is 0 Å². The van der Waals surface area contributed by atoms with Gasteiger partial charge in [0.15, 0.2) is 5.17 Å². The number of carbonyl (C=O) groups excluding carboxylic acids is 1. The number of para-hydroxylation sites is 1. The molecule has 0 atom stereocenters. The van der Waals surface area contributed by atoms with E-state index < -0.39 is 0 Å². The molecule has 0 radical (unpaired) electrons. The van der Waals surface area contributed by atoms with Gasteiger partial charge in [-0.25, -0.2) is 4.99 Å². The quantitative estimate of drug-likeness (QED) is 0.341. The van der Waals surface area contributed by atoms with Gasteiger partial charge in [0.25, 0.3) is 5.91 Å². The van der Waals surface area contributed by atoms with Crippen LogP contribution < -0.4 is 4.74 Å². The van der Waals surface area contributed by atoms with Gasteiger partial charge < -0.3 is 4.74 Å². The molecule has 1 saturated carbocycles. The minimum Gasteiger partial charge on any atom is -0.488 e. The lowest BCUT2D eigenvalue weighted by atomic mass is 9.94. The number of hydrogen-bond acceptors (Lipinski definition) is 4. The molecule has 0 spiro atoms. The van der Waals surface area contributed by atoms with Crippen molar-refractivity contribution in [3.8, 4) is 5.75 Å². The van der Waals surface area contributed by atoms with E-state index in [1.54, 1.807) is 0 Å². The first-order chi connectivity index (χ1) is 17.2. The van der Waals surface area contributed by atoms with Crippen LogP contribution in [0.3, 0.4) is 0 Å². The van der Waals surface area contributed by atoms with Crippen molar-refractivity contribution in [3.05, 3.63) is 100 Å². The summed E-state index contributed by atoms with van der Waals surface area (Å²) in [5.74, 6) is 0.816. The number of benzene rings is 3. The van der Waals surface area contributed by atoms with E-state index in [-0.39, 0.29) is 11.9 Å². The summed E-state index contributed by atoms with van der Waals surface area (Å²) in [7, 11) is 0. The first-order valence-electron chi connectivity index (χ1n) is 12.3. The zero-order chi connectivity index (χ0) is 24.0. The fourth-order valence-corrected chi connectivity index (χ4v) is 5.61. The summed E-state index contributed by atoms with van der Waals surface area (Å²) >= 11 is 1.47. The van der Waals surface area contributed by atoms with Crippen molar-refractivity contribution in [1.82, 2.24) is 4.90 Å². The minimum absolute atomic E-state index is 0.0469. The summed E-state index contributed by atoms with van der Waals surface area (Å²) in [6, 6.07) is 26.4. The maximum Gasteiger partial charge on any atom is 0.267 e. The molecule has 5 heteroatoms. The molecule has 2 fully saturated rings. The number of aryl methyl sites for hydroxylation is 1. The SMILES string of the molecule is Cc1ccc(N=C2S/C(=C/c3ccccc3OCc3ccccc3)C(=O)N2C2CCCCC2)cc1. The second kappa shape index (κ2) is 11.0. The largest absolute Gasteiger partial charge is 0.488 e. The first-order valence-corrected chi connectivity index (χ1v) is 13.1. The van der Waals surface area contributed by atoms with Gasteiger partial charge in [-0.05, 0) is 61.4 Å². The fourth-order valence-electron chi connectivity index (χ4n) is 4.56. The third-order valence-corrected chi connectivity index (χ3v) is 7.46. The third kappa shape index (κ3) is 5.68. The Labute approximate surface area is 211 Å². The number of thioether (sulfide) groups is 1. The van der Waals surface area contributed by atoms with E-state index in [1.165, 1.54) is 23.7 Å². The molecule has 1 aliphatic heterocycles. The minimum atomic E-state index is 0.0469. The summed E-state index contributed by atoms with van der Waals surface area (Å²) in [6.45, 7) is 2.55. The molecule has 35 heavy (non-hydrogen) atoms. The lowest BCUT2D eigenvalue weighted by Gasteiger charge is -2.30. The molecule has 0 N–H and O–H groups in total. The van der Waals surface area contributed by atoms with Crippen molar-refractivity contribution in [2.45, 2.75) is 51.7 Å². The maximum atomic E-state index is 13.7. The highest BCUT2D eigenvalue weighted by atomic mass is 32.2. The summed E-state index contributed by atoms with van der Waals surface area (Å²) < 4.78 is 6.14. The van der Waals surface area contributed by atoms with E-state index >= 15 is 0 Å². The van der Waals surface area contributed by atoms with Gasteiger partial charge in [0.1, 0.15) is 12.4 Å². The molecule has 5 rings (SSSR count). The van der Waals surface area contributed by atoms with Crippen LogP contribution in [0.5, 0.6) is 5.75 Å². The van der Waals surface area contributed by atoms with Crippen LogP contribution in [0.1, 0.15) is 48.8 Å². The normalized spacial score (nSPS) is 19.0. The van der Waals surface area contributed by atoms with Crippen molar-refractivity contribution in [3.63, 3.8) is 0 Å². The molecule has 1 saturated heterocycles. The standard InChI is InChI=1S/C30H30N2O2S/c1-22-16-18-25(19-17-22)31-30-32(26-13-6-3-7-14-26)29(33)28(35-30)20-24-12-8-9-15-27(24)34-21-23-10-4-2-5-11-23/h2,4-5,8-12,15-20,26H,3,6-7,13-14,21H2,1H3/b28-20+,31-30?. The molecule has 2 aliphatic rings. The predicted octanol–water partition coefficient (Wildman–Crippen LogP) is 7.51. The van der Waals surface area contributed by atoms with Gasteiger partial charge in [-0.2, -0.15) is 0 Å². The number of amides is 1. The zero-order valence-electron chi connectivity index (χ0n) is 20.0. The van der Waals surface area contributed by atoms with Gasteiger partial charge in [-0.3, -0.25) is 9.69 Å². The predicted molar refractivity (Wildman–Crippen MR) is 145 cm³/mol. The fraction of sp³-hybridized carbons (Fsp3) is 0.267. The molecule has 3 aromatic rings. The summed E-state index contributed by atoms with van der Waals surface area (Å²) in [5.41, 5.74) is 4.08. The Kier molecular flexibility index (Phi) is 7.34. The molecule has 1 aliphatic carbocycles. The molecule has 0 aromatic heterocycles. The monoisotopic (exact) mass is 482 g/mol. The average molecular weight is 483 g/mol. The second-order valence-electron chi connectivity index (χ2n) is 9.12. The molecule has 1 amide bonds. The van der Waals surface area contributed by atoms with E-state index in [4.69, 9.17) is 9.73 Å². The van der Waals surface area contributed by atoms with Crippen LogP contribution >= 0.6 is 11.8 Å². The second-order valence-corrected chi connectivity index (χ2v) is 10.1. The molecule has 178 valence electrons. The Morgan fingerprint density at radius 1 is 0.943 bits per heavy atom. The highest BCUT2D eigenvalue weighted by Crippen LogP contribution is 2.39. The molecule has 0 bridgehead atoms. The molecular formula is C30H30N2O2S. The van der Waals surface area contributed by atoms with Crippen LogP contribution in [0.4, 0.5) is 5.69 Å². The van der Waals surface area contributed by atoms with Crippen LogP contribution in [0.25, 0.3) is 6.08 Å². The van der Waals surface area contributed by atoms with Crippen molar-refractivity contribution in [2.24, 2.45) is 4.99 Å². The topological polar surface area (TPSA) is 41.9 Å². The molecular weight excluding hydrogens is 452 g/mol. The first kappa shape index (κ1) is 23.4. The van der Waals surface area contributed by atoms with E-state index in [0.29, 0.717) is 11.5 Å². The molecule has 0 unspecified atom stereocenters. The van der Waals surface area contributed by atoms with Gasteiger partial charge in [-0.1, -0.05) is 85.5 Å². The van der Waals surface area contributed by atoms with Crippen molar-refractivity contribution in [1.29, 1.82) is 0 Å². The van der Waals surface area contributed by atoms with E-state index in [0.717, 1.165) is 53.4 Å². The Morgan fingerprint density at radius 2 is 1.66 bits per heavy atom. The lowest BCUT2D eigenvalue weighted by Crippen LogP contribution is -2.40. The van der Waals surface area contributed by atoms with Crippen molar-refractivity contribution in [2.75, 3.05) is 0 Å². The Bertz CT molecular complexity index is 1230. The Morgan fingerprint density at radius 3 is 2.43 bits per heavy atom. The number of carbonyl (C=O) groups is 1. The van der Waals surface area contributed by atoms with Crippen molar-refractivity contribution < 1.29 is 9.53 Å². The van der Waals surface area contributed by atoms with Crippen LogP contribution in [-0.4, -0.2) is 22.0 Å². The molecule has 3 aromatic carbocycles. The number of rotatable bonds is 6. The van der Waals surface area contributed by atoms with Crippen molar-refractivity contribution >= 4 is 34.6 Å². The van der Waals surface area contributed by atoms with Crippen LogP contribution in [0.15, 0.2) is 88.8 Å². The Hall–Kier alpha value is -3.31. The summed E-state index contributed by atoms with van der Waals surface area (Å²) in [6.07, 6.45) is 7.58. The van der Waals surface area contributed by atoms with Crippen LogP contribution in [0, 0.1) is 6.92 Å². The smallest absolute Gasteiger partial charge is 0.267 e. The number of nitrogens with zero attached hydrogens (tertiary/aromatic N) is 2. The maximum absolute atomic E-state index is 13.7. The van der Waals surface area contributed by atoms with Gasteiger partial charge in [0.2, 0.25) is 0 Å². The number of hydrogen-bond donors (Lipinski definition) is 0. The number of aliphatic imine (C=N–C) groups is 1. The average Bonchev–Trinajstić information content (AvgIpc) is 3.20. The van der Waals surface area contributed by atoms with E-state index in [1.807, 2.05) is 77.7 Å². The molecule has 4 nitrogen and oxygen atoms in total. The summed E-state index contributed by atoms with van der Waals surface area (Å²) in [5, 5.41) is 0.777. The van der Waals surface area contributed by atoms with Gasteiger partial charge in [-0.15, -0.1) is 0 Å². The highest BCUT2D eigenvalue weighted by molar-refractivity contribution is 8.18. The number of amidine groups is 1. The zero-order valence-corrected chi connectivity index (χ0v) is 20.8. The van der Waals surface area contributed by atoms with Crippen LogP contribution in [0.2, 0.25) is 0 Å². The number of ether oxygens (including phenoxy) is 1. The highest BCUT2D eigenvalue weighted by Gasteiger charge is 2.38. The Balaban J connectivity index is 1.44. The van der Waals surface area contributed by atoms with Gasteiger partial charge in [0.05, 0.1) is 10.6 Å². The van der Waals surface area contributed by atoms with E-state index in [2.05, 4.69) is 19.1 Å². The third-order valence-electron chi connectivity index (χ3n) is 6.48. The lowest BCUT2D eigenvalue weighted by molar-refractivity contribution is -0.124.